The summed E-state index contributed by atoms with van der Waals surface area (Å²) in [4.78, 5) is 11.9. The monoisotopic (exact) mass is 262 g/mol. The van der Waals surface area contributed by atoms with Gasteiger partial charge in [0, 0.05) is 19.7 Å². The Morgan fingerprint density at radius 2 is 2.29 bits per heavy atom. The summed E-state index contributed by atoms with van der Waals surface area (Å²) in [6, 6.07) is 0. The van der Waals surface area contributed by atoms with Gasteiger partial charge in [-0.2, -0.15) is 0 Å². The van der Waals surface area contributed by atoms with Crippen molar-refractivity contribution in [2.45, 2.75) is 26.2 Å². The predicted octanol–water partition coefficient (Wildman–Crippen LogP) is 0.951. The Morgan fingerprint density at radius 1 is 1.53 bits per heavy atom. The molecule has 0 aromatic heterocycles. The molecule has 4 nitrogen and oxygen atoms in total. The van der Waals surface area contributed by atoms with Crippen LogP contribution in [-0.4, -0.2) is 38.8 Å². The minimum Gasteiger partial charge on any atom is -0.379 e. The number of rotatable bonds is 6. The van der Waals surface area contributed by atoms with Gasteiger partial charge < -0.3 is 15.4 Å². The second-order valence-electron chi connectivity index (χ2n) is 5.26. The maximum Gasteiger partial charge on any atom is 0.227 e. The van der Waals surface area contributed by atoms with E-state index in [4.69, 9.17) is 4.74 Å². The summed E-state index contributed by atoms with van der Waals surface area (Å²) in [5, 5.41) is 6.18. The largest absolute Gasteiger partial charge is 0.379 e. The summed E-state index contributed by atoms with van der Waals surface area (Å²) in [6.07, 6.45) is 3.56. The Balaban J connectivity index is 0.00000144. The third-order valence-electron chi connectivity index (χ3n) is 3.50. The van der Waals surface area contributed by atoms with Gasteiger partial charge in [0.2, 0.25) is 5.91 Å². The van der Waals surface area contributed by atoms with Crippen LogP contribution in [0.15, 0.2) is 0 Å². The highest BCUT2D eigenvalue weighted by Crippen LogP contribution is 2.28. The lowest BCUT2D eigenvalue weighted by molar-refractivity contribution is -0.129. The SMILES string of the molecule is CC1(C(=O)NCCOCC2CC2)CCNC1.Cl. The number of carbonyl (C=O) groups is 1. The first-order valence-corrected chi connectivity index (χ1v) is 6.27. The van der Waals surface area contributed by atoms with E-state index in [1.165, 1.54) is 12.8 Å². The number of hydrogen-bond donors (Lipinski definition) is 2. The smallest absolute Gasteiger partial charge is 0.227 e. The Hall–Kier alpha value is -0.320. The molecular weight excluding hydrogens is 240 g/mol. The van der Waals surface area contributed by atoms with Gasteiger partial charge in [0.15, 0.2) is 0 Å². The third-order valence-corrected chi connectivity index (χ3v) is 3.50. The average molecular weight is 263 g/mol. The van der Waals surface area contributed by atoms with Crippen LogP contribution >= 0.6 is 12.4 Å². The van der Waals surface area contributed by atoms with Crippen LogP contribution in [0, 0.1) is 11.3 Å². The van der Waals surface area contributed by atoms with Crippen molar-refractivity contribution in [3.8, 4) is 0 Å². The lowest BCUT2D eigenvalue weighted by Gasteiger charge is -2.21. The van der Waals surface area contributed by atoms with E-state index in [2.05, 4.69) is 10.6 Å². The fourth-order valence-corrected chi connectivity index (χ4v) is 2.00. The lowest BCUT2D eigenvalue weighted by Crippen LogP contribution is -2.41. The van der Waals surface area contributed by atoms with Crippen LogP contribution in [0.4, 0.5) is 0 Å². The Kier molecular flexibility index (Phi) is 5.70. The first-order valence-electron chi connectivity index (χ1n) is 6.27. The molecule has 1 saturated heterocycles. The van der Waals surface area contributed by atoms with Gasteiger partial charge in [0.1, 0.15) is 0 Å². The summed E-state index contributed by atoms with van der Waals surface area (Å²) in [7, 11) is 0. The molecule has 0 spiro atoms. The highest BCUT2D eigenvalue weighted by atomic mass is 35.5. The molecule has 1 unspecified atom stereocenters. The highest BCUT2D eigenvalue weighted by Gasteiger charge is 2.35. The fourth-order valence-electron chi connectivity index (χ4n) is 2.00. The number of ether oxygens (including phenoxy) is 1. The van der Waals surface area contributed by atoms with Gasteiger partial charge >= 0.3 is 0 Å². The Bertz CT molecular complexity index is 251. The van der Waals surface area contributed by atoms with Crippen LogP contribution in [0.1, 0.15) is 26.2 Å². The molecule has 2 aliphatic rings. The average Bonchev–Trinajstić information content (AvgIpc) is 2.99. The summed E-state index contributed by atoms with van der Waals surface area (Å²) >= 11 is 0. The van der Waals surface area contributed by atoms with Crippen LogP contribution in [0.5, 0.6) is 0 Å². The normalized spacial score (nSPS) is 27.6. The molecule has 1 saturated carbocycles. The molecule has 0 aromatic rings. The molecule has 1 aliphatic carbocycles. The van der Waals surface area contributed by atoms with E-state index in [0.717, 1.165) is 32.0 Å². The standard InChI is InChI=1S/C12H22N2O2.ClH/c1-12(4-5-13-9-12)11(15)14-6-7-16-8-10-2-3-10;/h10,13H,2-9H2,1H3,(H,14,15);1H. The zero-order valence-electron chi connectivity index (χ0n) is 10.5. The van der Waals surface area contributed by atoms with Gasteiger partial charge in [-0.25, -0.2) is 0 Å². The van der Waals surface area contributed by atoms with Crippen LogP contribution in [0.3, 0.4) is 0 Å². The van der Waals surface area contributed by atoms with E-state index in [1.807, 2.05) is 6.92 Å². The molecule has 5 heteroatoms. The summed E-state index contributed by atoms with van der Waals surface area (Å²) in [5.41, 5.74) is -0.212. The van der Waals surface area contributed by atoms with Gasteiger partial charge in [-0.05, 0) is 38.6 Å². The minimum atomic E-state index is -0.212. The maximum absolute atomic E-state index is 11.9. The predicted molar refractivity (Wildman–Crippen MR) is 69.4 cm³/mol. The third kappa shape index (κ3) is 4.45. The topological polar surface area (TPSA) is 50.4 Å². The second-order valence-corrected chi connectivity index (χ2v) is 5.26. The van der Waals surface area contributed by atoms with Crippen molar-refractivity contribution in [1.82, 2.24) is 10.6 Å². The Morgan fingerprint density at radius 3 is 2.88 bits per heavy atom. The molecule has 1 aliphatic heterocycles. The summed E-state index contributed by atoms with van der Waals surface area (Å²) in [6.45, 7) is 5.92. The zero-order valence-corrected chi connectivity index (χ0v) is 11.3. The van der Waals surface area contributed by atoms with Crippen LogP contribution in [0.25, 0.3) is 0 Å². The van der Waals surface area contributed by atoms with E-state index >= 15 is 0 Å². The van der Waals surface area contributed by atoms with Crippen molar-refractivity contribution in [3.05, 3.63) is 0 Å². The summed E-state index contributed by atoms with van der Waals surface area (Å²) in [5.74, 6) is 0.958. The lowest BCUT2D eigenvalue weighted by atomic mass is 9.89. The van der Waals surface area contributed by atoms with Crippen molar-refractivity contribution in [2.75, 3.05) is 32.8 Å². The van der Waals surface area contributed by atoms with E-state index in [1.54, 1.807) is 0 Å². The van der Waals surface area contributed by atoms with Gasteiger partial charge in [-0.1, -0.05) is 0 Å². The van der Waals surface area contributed by atoms with Crippen LogP contribution in [-0.2, 0) is 9.53 Å². The number of halogens is 1. The number of hydrogen-bond acceptors (Lipinski definition) is 3. The second kappa shape index (κ2) is 6.57. The quantitative estimate of drug-likeness (QED) is 0.701. The van der Waals surface area contributed by atoms with Gasteiger partial charge in [0.05, 0.1) is 12.0 Å². The van der Waals surface area contributed by atoms with E-state index in [0.29, 0.717) is 13.2 Å². The van der Waals surface area contributed by atoms with Crippen molar-refractivity contribution in [1.29, 1.82) is 0 Å². The zero-order chi connectivity index (χ0) is 11.4. The van der Waals surface area contributed by atoms with E-state index < -0.39 is 0 Å². The summed E-state index contributed by atoms with van der Waals surface area (Å²) < 4.78 is 5.47. The van der Waals surface area contributed by atoms with Crippen molar-refractivity contribution in [2.24, 2.45) is 11.3 Å². The van der Waals surface area contributed by atoms with Crippen LogP contribution in [0.2, 0.25) is 0 Å². The van der Waals surface area contributed by atoms with Crippen molar-refractivity contribution in [3.63, 3.8) is 0 Å². The molecule has 0 aromatic carbocycles. The molecule has 100 valence electrons. The molecule has 2 rings (SSSR count). The van der Waals surface area contributed by atoms with Gasteiger partial charge in [-0.3, -0.25) is 4.79 Å². The molecule has 0 bridgehead atoms. The fraction of sp³-hybridized carbons (Fsp3) is 0.917. The van der Waals surface area contributed by atoms with Crippen molar-refractivity contribution < 1.29 is 9.53 Å². The number of carbonyl (C=O) groups excluding carboxylic acids is 1. The Labute approximate surface area is 109 Å². The van der Waals surface area contributed by atoms with Crippen LogP contribution < -0.4 is 10.6 Å². The molecule has 1 heterocycles. The highest BCUT2D eigenvalue weighted by molar-refractivity contribution is 5.85. The number of amides is 1. The van der Waals surface area contributed by atoms with Gasteiger partial charge in [-0.15, -0.1) is 12.4 Å². The molecule has 1 atom stereocenters. The van der Waals surface area contributed by atoms with Gasteiger partial charge in [0.25, 0.3) is 0 Å². The number of nitrogens with one attached hydrogen (secondary N) is 2. The maximum atomic E-state index is 11.9. The molecule has 2 fully saturated rings. The molecule has 1 amide bonds. The molecular formula is C12H23ClN2O2. The first-order chi connectivity index (χ1) is 7.71. The molecule has 17 heavy (non-hydrogen) atoms. The van der Waals surface area contributed by atoms with E-state index in [-0.39, 0.29) is 23.7 Å². The molecule has 0 radical (unpaired) electrons. The minimum absolute atomic E-state index is 0. The van der Waals surface area contributed by atoms with Crippen molar-refractivity contribution >= 4 is 18.3 Å². The first kappa shape index (κ1) is 14.7. The molecule has 2 N–H and O–H groups in total. The van der Waals surface area contributed by atoms with E-state index in [9.17, 15) is 4.79 Å².